The standard InChI is InChI=1S/C22H21N3O2/c26-22-20-14-16(18-3-1-4-19(18)21(20)27-12-10-23-22)13-15-5-7-17(8-6-15)25-11-2-9-24-25/h2,5-9,11,14H,1,3-4,10,12-13H2,(H,23,26). The van der Waals surface area contributed by atoms with Crippen molar-refractivity contribution in [1.82, 2.24) is 15.1 Å². The molecule has 1 amide bonds. The monoisotopic (exact) mass is 359 g/mol. The van der Waals surface area contributed by atoms with Gasteiger partial charge in [0.15, 0.2) is 0 Å². The third kappa shape index (κ3) is 2.89. The van der Waals surface area contributed by atoms with Crippen molar-refractivity contribution in [2.75, 3.05) is 13.2 Å². The quantitative estimate of drug-likeness (QED) is 0.782. The molecule has 0 radical (unpaired) electrons. The number of aromatic nitrogens is 2. The second-order valence-electron chi connectivity index (χ2n) is 7.12. The molecule has 5 nitrogen and oxygen atoms in total. The predicted molar refractivity (Wildman–Crippen MR) is 103 cm³/mol. The number of ether oxygens (including phenoxy) is 1. The van der Waals surface area contributed by atoms with Crippen molar-refractivity contribution < 1.29 is 9.53 Å². The fourth-order valence-corrected chi connectivity index (χ4v) is 4.15. The van der Waals surface area contributed by atoms with Crippen molar-refractivity contribution in [3.8, 4) is 11.4 Å². The number of fused-ring (bicyclic) bond motifs is 3. The predicted octanol–water partition coefficient (Wildman–Crippen LogP) is 3.07. The number of carbonyl (C=O) groups is 1. The minimum atomic E-state index is -0.0209. The van der Waals surface area contributed by atoms with Gasteiger partial charge < -0.3 is 10.1 Å². The van der Waals surface area contributed by atoms with Crippen LogP contribution in [0.1, 0.15) is 39.0 Å². The van der Waals surface area contributed by atoms with Gasteiger partial charge in [-0.05, 0) is 72.2 Å². The van der Waals surface area contributed by atoms with Crippen LogP contribution >= 0.6 is 0 Å². The van der Waals surface area contributed by atoms with Crippen LogP contribution in [0.5, 0.6) is 5.75 Å². The molecule has 0 unspecified atom stereocenters. The molecule has 0 fully saturated rings. The van der Waals surface area contributed by atoms with E-state index in [1.807, 2.05) is 23.0 Å². The fourth-order valence-electron chi connectivity index (χ4n) is 4.15. The van der Waals surface area contributed by atoms with Gasteiger partial charge in [-0.15, -0.1) is 0 Å². The van der Waals surface area contributed by atoms with Gasteiger partial charge in [-0.3, -0.25) is 4.79 Å². The number of hydrogen-bond acceptors (Lipinski definition) is 3. The van der Waals surface area contributed by atoms with Crippen LogP contribution in [-0.4, -0.2) is 28.8 Å². The number of benzene rings is 2. The van der Waals surface area contributed by atoms with E-state index in [2.05, 4.69) is 34.7 Å². The second kappa shape index (κ2) is 6.58. The molecule has 0 saturated carbocycles. The Bertz CT molecular complexity index is 991. The molecule has 2 aromatic carbocycles. The van der Waals surface area contributed by atoms with Crippen LogP contribution in [0.15, 0.2) is 48.8 Å². The largest absolute Gasteiger partial charge is 0.491 e. The van der Waals surface area contributed by atoms with E-state index in [0.717, 1.165) is 37.1 Å². The van der Waals surface area contributed by atoms with Crippen LogP contribution in [0, 0.1) is 0 Å². The Morgan fingerprint density at radius 3 is 2.81 bits per heavy atom. The number of rotatable bonds is 3. The molecular weight excluding hydrogens is 338 g/mol. The smallest absolute Gasteiger partial charge is 0.255 e. The molecule has 1 aromatic heterocycles. The number of nitrogens with one attached hydrogen (secondary N) is 1. The van der Waals surface area contributed by atoms with Crippen LogP contribution in [0.2, 0.25) is 0 Å². The van der Waals surface area contributed by atoms with E-state index >= 15 is 0 Å². The van der Waals surface area contributed by atoms with Gasteiger partial charge in [-0.25, -0.2) is 4.68 Å². The Morgan fingerprint density at radius 2 is 2.00 bits per heavy atom. The van der Waals surface area contributed by atoms with Crippen molar-refractivity contribution in [1.29, 1.82) is 0 Å². The van der Waals surface area contributed by atoms with Crippen molar-refractivity contribution in [2.24, 2.45) is 0 Å². The SMILES string of the molecule is O=C1NCCOc2c1cc(Cc1ccc(-n3cccn3)cc1)c1c2CCC1. The molecule has 3 aromatic rings. The molecule has 5 heteroatoms. The highest BCUT2D eigenvalue weighted by atomic mass is 16.5. The van der Waals surface area contributed by atoms with Gasteiger partial charge in [-0.2, -0.15) is 5.10 Å². The summed E-state index contributed by atoms with van der Waals surface area (Å²) in [6.07, 6.45) is 7.72. The second-order valence-corrected chi connectivity index (χ2v) is 7.12. The fraction of sp³-hybridized carbons (Fsp3) is 0.273. The third-order valence-corrected chi connectivity index (χ3v) is 5.42. The maximum Gasteiger partial charge on any atom is 0.255 e. The normalized spacial score (nSPS) is 15.5. The minimum absolute atomic E-state index is 0.0209. The molecule has 27 heavy (non-hydrogen) atoms. The molecule has 136 valence electrons. The first-order valence-corrected chi connectivity index (χ1v) is 9.47. The van der Waals surface area contributed by atoms with E-state index in [0.29, 0.717) is 18.7 Å². The van der Waals surface area contributed by atoms with E-state index in [4.69, 9.17) is 4.74 Å². The summed E-state index contributed by atoms with van der Waals surface area (Å²) in [6.45, 7) is 1.10. The molecule has 0 bridgehead atoms. The summed E-state index contributed by atoms with van der Waals surface area (Å²) in [5, 5.41) is 7.20. The average Bonchev–Trinajstić information content (AvgIpc) is 3.36. The Labute approximate surface area is 158 Å². The van der Waals surface area contributed by atoms with Gasteiger partial charge in [0.2, 0.25) is 0 Å². The molecule has 2 aliphatic rings. The van der Waals surface area contributed by atoms with Crippen LogP contribution < -0.4 is 10.1 Å². The summed E-state index contributed by atoms with van der Waals surface area (Å²) >= 11 is 0. The Hall–Kier alpha value is -3.08. The first kappa shape index (κ1) is 16.1. The topological polar surface area (TPSA) is 56.1 Å². The van der Waals surface area contributed by atoms with Crippen molar-refractivity contribution in [3.05, 3.63) is 76.6 Å². The number of hydrogen-bond donors (Lipinski definition) is 1. The van der Waals surface area contributed by atoms with Crippen molar-refractivity contribution >= 4 is 5.91 Å². The van der Waals surface area contributed by atoms with Crippen molar-refractivity contribution in [3.63, 3.8) is 0 Å². The van der Waals surface area contributed by atoms with E-state index in [1.54, 1.807) is 6.20 Å². The zero-order valence-corrected chi connectivity index (χ0v) is 15.1. The van der Waals surface area contributed by atoms with Gasteiger partial charge >= 0.3 is 0 Å². The Kier molecular flexibility index (Phi) is 3.93. The molecule has 1 aliphatic carbocycles. The average molecular weight is 359 g/mol. The zero-order chi connectivity index (χ0) is 18.2. The lowest BCUT2D eigenvalue weighted by Gasteiger charge is -2.16. The van der Waals surface area contributed by atoms with Gasteiger partial charge in [0.1, 0.15) is 12.4 Å². The zero-order valence-electron chi connectivity index (χ0n) is 15.1. The molecule has 0 atom stereocenters. The Morgan fingerprint density at radius 1 is 1.15 bits per heavy atom. The first-order valence-electron chi connectivity index (χ1n) is 9.47. The minimum Gasteiger partial charge on any atom is -0.491 e. The number of carbonyl (C=O) groups excluding carboxylic acids is 1. The summed E-state index contributed by atoms with van der Waals surface area (Å²) in [7, 11) is 0. The van der Waals surface area contributed by atoms with Gasteiger partial charge in [0.25, 0.3) is 5.91 Å². The Balaban J connectivity index is 1.50. The van der Waals surface area contributed by atoms with Crippen LogP contribution in [-0.2, 0) is 19.3 Å². The highest BCUT2D eigenvalue weighted by Gasteiger charge is 2.27. The molecule has 1 N–H and O–H groups in total. The summed E-state index contributed by atoms with van der Waals surface area (Å²) in [5.74, 6) is 0.794. The first-order chi connectivity index (χ1) is 13.3. The summed E-state index contributed by atoms with van der Waals surface area (Å²) < 4.78 is 7.78. The van der Waals surface area contributed by atoms with Gasteiger partial charge in [0, 0.05) is 12.4 Å². The molecular formula is C22H21N3O2. The molecule has 0 saturated heterocycles. The van der Waals surface area contributed by atoms with Gasteiger partial charge in [0.05, 0.1) is 17.8 Å². The van der Waals surface area contributed by atoms with E-state index in [1.165, 1.54) is 22.3 Å². The maximum atomic E-state index is 12.5. The number of nitrogens with zero attached hydrogens (tertiary/aromatic N) is 2. The highest BCUT2D eigenvalue weighted by molar-refractivity contribution is 5.98. The molecule has 5 rings (SSSR count). The lowest BCUT2D eigenvalue weighted by molar-refractivity contribution is 0.0957. The molecule has 2 heterocycles. The lowest BCUT2D eigenvalue weighted by atomic mass is 9.93. The van der Waals surface area contributed by atoms with Gasteiger partial charge in [-0.1, -0.05) is 12.1 Å². The van der Waals surface area contributed by atoms with Crippen LogP contribution in [0.3, 0.4) is 0 Å². The highest BCUT2D eigenvalue weighted by Crippen LogP contribution is 2.38. The molecule has 1 aliphatic heterocycles. The van der Waals surface area contributed by atoms with Crippen molar-refractivity contribution in [2.45, 2.75) is 25.7 Å². The summed E-state index contributed by atoms with van der Waals surface area (Å²) in [5.41, 5.74) is 6.83. The van der Waals surface area contributed by atoms with E-state index in [9.17, 15) is 4.79 Å². The lowest BCUT2D eigenvalue weighted by Crippen LogP contribution is -2.24. The maximum absolute atomic E-state index is 12.5. The van der Waals surface area contributed by atoms with Crippen LogP contribution in [0.4, 0.5) is 0 Å². The third-order valence-electron chi connectivity index (χ3n) is 5.42. The summed E-state index contributed by atoms with van der Waals surface area (Å²) in [4.78, 5) is 12.5. The van der Waals surface area contributed by atoms with E-state index < -0.39 is 0 Å². The van der Waals surface area contributed by atoms with Crippen LogP contribution in [0.25, 0.3) is 5.69 Å². The summed E-state index contributed by atoms with van der Waals surface area (Å²) in [6, 6.07) is 12.4. The number of amides is 1. The molecule has 0 spiro atoms. The van der Waals surface area contributed by atoms with E-state index in [-0.39, 0.29) is 5.91 Å².